The SMILES string of the molecule is CC(C)c1nc(C(C)(C)C)c(I)c(=O)[nH]1. The number of hydrogen-bond donors (Lipinski definition) is 1. The smallest absolute Gasteiger partial charge is 0.264 e. The fourth-order valence-corrected chi connectivity index (χ4v) is 2.31. The fraction of sp³-hybridized carbons (Fsp3) is 0.636. The average molecular weight is 320 g/mol. The van der Waals surface area contributed by atoms with Crippen molar-refractivity contribution in [2.24, 2.45) is 0 Å². The molecule has 1 aromatic heterocycles. The van der Waals surface area contributed by atoms with E-state index in [9.17, 15) is 4.79 Å². The second-order valence-corrected chi connectivity index (χ2v) is 6.10. The number of H-pyrrole nitrogens is 1. The Bertz CT molecular complexity index is 416. The van der Waals surface area contributed by atoms with E-state index in [2.05, 4.69) is 53.3 Å². The molecule has 0 spiro atoms. The van der Waals surface area contributed by atoms with Crippen LogP contribution in [-0.4, -0.2) is 9.97 Å². The summed E-state index contributed by atoms with van der Waals surface area (Å²) in [4.78, 5) is 19.1. The molecule has 15 heavy (non-hydrogen) atoms. The number of aromatic nitrogens is 2. The summed E-state index contributed by atoms with van der Waals surface area (Å²) in [6.45, 7) is 10.3. The summed E-state index contributed by atoms with van der Waals surface area (Å²) >= 11 is 2.06. The lowest BCUT2D eigenvalue weighted by Crippen LogP contribution is -2.25. The first-order valence-corrected chi connectivity index (χ1v) is 6.11. The number of aromatic amines is 1. The van der Waals surface area contributed by atoms with Gasteiger partial charge in [-0.15, -0.1) is 0 Å². The van der Waals surface area contributed by atoms with Crippen LogP contribution in [0.1, 0.15) is 52.1 Å². The first-order valence-electron chi connectivity index (χ1n) is 5.03. The van der Waals surface area contributed by atoms with E-state index < -0.39 is 0 Å². The van der Waals surface area contributed by atoms with Gasteiger partial charge in [0.25, 0.3) is 5.56 Å². The van der Waals surface area contributed by atoms with Crippen molar-refractivity contribution in [1.29, 1.82) is 0 Å². The quantitative estimate of drug-likeness (QED) is 0.809. The Morgan fingerprint density at radius 2 is 1.87 bits per heavy atom. The van der Waals surface area contributed by atoms with Crippen molar-refractivity contribution >= 4 is 22.6 Å². The van der Waals surface area contributed by atoms with Crippen molar-refractivity contribution in [2.75, 3.05) is 0 Å². The maximum absolute atomic E-state index is 11.7. The second kappa shape index (κ2) is 4.23. The zero-order valence-corrected chi connectivity index (χ0v) is 12.0. The first-order chi connectivity index (χ1) is 6.73. The molecule has 0 aliphatic carbocycles. The molecule has 0 unspecified atom stereocenters. The van der Waals surface area contributed by atoms with Crippen LogP contribution in [0.2, 0.25) is 0 Å². The van der Waals surface area contributed by atoms with Gasteiger partial charge in [-0.1, -0.05) is 34.6 Å². The third-order valence-corrected chi connectivity index (χ3v) is 3.14. The largest absolute Gasteiger partial charge is 0.309 e. The predicted molar refractivity (Wildman–Crippen MR) is 70.4 cm³/mol. The second-order valence-electron chi connectivity index (χ2n) is 5.02. The van der Waals surface area contributed by atoms with Crippen LogP contribution in [0.4, 0.5) is 0 Å². The maximum atomic E-state index is 11.7. The molecule has 0 aliphatic rings. The molecule has 0 aliphatic heterocycles. The molecule has 1 rings (SSSR count). The topological polar surface area (TPSA) is 45.8 Å². The zero-order chi connectivity index (χ0) is 11.8. The molecule has 0 saturated heterocycles. The number of halogens is 1. The van der Waals surface area contributed by atoms with Crippen LogP contribution in [0.3, 0.4) is 0 Å². The van der Waals surface area contributed by atoms with Gasteiger partial charge in [0.1, 0.15) is 9.39 Å². The van der Waals surface area contributed by atoms with E-state index in [0.29, 0.717) is 3.57 Å². The molecule has 0 saturated carbocycles. The number of nitrogens with one attached hydrogen (secondary N) is 1. The molecule has 0 atom stereocenters. The van der Waals surface area contributed by atoms with Gasteiger partial charge in [0.2, 0.25) is 0 Å². The van der Waals surface area contributed by atoms with Crippen LogP contribution in [0.15, 0.2) is 4.79 Å². The predicted octanol–water partition coefficient (Wildman–Crippen LogP) is 2.80. The lowest BCUT2D eigenvalue weighted by molar-refractivity contribution is 0.551. The Morgan fingerprint density at radius 3 is 2.27 bits per heavy atom. The van der Waals surface area contributed by atoms with Crippen molar-refractivity contribution in [3.05, 3.63) is 25.4 Å². The highest BCUT2D eigenvalue weighted by Gasteiger charge is 2.22. The van der Waals surface area contributed by atoms with Crippen molar-refractivity contribution in [2.45, 2.75) is 46.0 Å². The summed E-state index contributed by atoms with van der Waals surface area (Å²) in [6.07, 6.45) is 0. The molecule has 1 heterocycles. The summed E-state index contributed by atoms with van der Waals surface area (Å²) in [6, 6.07) is 0. The first kappa shape index (κ1) is 12.7. The minimum atomic E-state index is -0.0889. The van der Waals surface area contributed by atoms with E-state index in [0.717, 1.165) is 11.5 Å². The molecule has 84 valence electrons. The summed E-state index contributed by atoms with van der Waals surface area (Å²) in [5.41, 5.74) is 0.767. The van der Waals surface area contributed by atoms with Crippen LogP contribution in [0.25, 0.3) is 0 Å². The standard InChI is InChI=1S/C11H17IN2O/c1-6(2)9-13-8(11(3,4)5)7(12)10(15)14-9/h6H,1-5H3,(H,13,14,15). The number of rotatable bonds is 1. The number of hydrogen-bond acceptors (Lipinski definition) is 2. The van der Waals surface area contributed by atoms with E-state index in [-0.39, 0.29) is 16.9 Å². The van der Waals surface area contributed by atoms with E-state index in [1.165, 1.54) is 0 Å². The Hall–Kier alpha value is -0.390. The van der Waals surface area contributed by atoms with Gasteiger partial charge < -0.3 is 4.98 Å². The molecular weight excluding hydrogens is 303 g/mol. The van der Waals surface area contributed by atoms with E-state index in [4.69, 9.17) is 0 Å². The van der Waals surface area contributed by atoms with Gasteiger partial charge in [-0.2, -0.15) is 0 Å². The van der Waals surface area contributed by atoms with Crippen LogP contribution < -0.4 is 5.56 Å². The highest BCUT2D eigenvalue weighted by atomic mass is 127. The molecular formula is C11H17IN2O. The van der Waals surface area contributed by atoms with Crippen molar-refractivity contribution < 1.29 is 0 Å². The Morgan fingerprint density at radius 1 is 1.33 bits per heavy atom. The Labute approximate surface area is 104 Å². The van der Waals surface area contributed by atoms with Gasteiger partial charge in [-0.05, 0) is 22.6 Å². The van der Waals surface area contributed by atoms with Gasteiger partial charge in [0.15, 0.2) is 0 Å². The molecule has 0 aromatic carbocycles. The highest BCUT2D eigenvalue weighted by molar-refractivity contribution is 14.1. The summed E-state index contributed by atoms with van der Waals surface area (Å²) in [5.74, 6) is 1.01. The summed E-state index contributed by atoms with van der Waals surface area (Å²) in [7, 11) is 0. The Kier molecular flexibility index (Phi) is 3.58. The van der Waals surface area contributed by atoms with Gasteiger partial charge >= 0.3 is 0 Å². The minimum absolute atomic E-state index is 0.0285. The molecule has 0 bridgehead atoms. The van der Waals surface area contributed by atoms with Crippen LogP contribution >= 0.6 is 22.6 Å². The van der Waals surface area contributed by atoms with Crippen LogP contribution in [0, 0.1) is 3.57 Å². The van der Waals surface area contributed by atoms with Gasteiger partial charge in [-0.3, -0.25) is 4.79 Å². The molecule has 1 N–H and O–H groups in total. The lowest BCUT2D eigenvalue weighted by atomic mass is 9.92. The maximum Gasteiger partial charge on any atom is 0.264 e. The van der Waals surface area contributed by atoms with Crippen LogP contribution in [-0.2, 0) is 5.41 Å². The molecule has 0 amide bonds. The lowest BCUT2D eigenvalue weighted by Gasteiger charge is -2.20. The molecule has 3 nitrogen and oxygen atoms in total. The fourth-order valence-electron chi connectivity index (χ4n) is 1.25. The summed E-state index contributed by atoms with van der Waals surface area (Å²) < 4.78 is 0.699. The van der Waals surface area contributed by atoms with Crippen molar-refractivity contribution in [1.82, 2.24) is 9.97 Å². The molecule has 0 radical (unpaired) electrons. The molecule has 0 fully saturated rings. The van der Waals surface area contributed by atoms with Gasteiger partial charge in [0.05, 0.1) is 5.69 Å². The monoisotopic (exact) mass is 320 g/mol. The highest BCUT2D eigenvalue weighted by Crippen LogP contribution is 2.24. The zero-order valence-electron chi connectivity index (χ0n) is 9.81. The summed E-state index contributed by atoms with van der Waals surface area (Å²) in [5, 5.41) is 0. The third kappa shape index (κ3) is 2.80. The minimum Gasteiger partial charge on any atom is -0.309 e. The molecule has 4 heteroatoms. The van der Waals surface area contributed by atoms with E-state index in [1.54, 1.807) is 0 Å². The normalized spacial score (nSPS) is 12.2. The third-order valence-electron chi connectivity index (χ3n) is 2.14. The van der Waals surface area contributed by atoms with Gasteiger partial charge in [-0.25, -0.2) is 4.98 Å². The van der Waals surface area contributed by atoms with Crippen molar-refractivity contribution in [3.8, 4) is 0 Å². The molecule has 1 aromatic rings. The average Bonchev–Trinajstić information content (AvgIpc) is 2.06. The van der Waals surface area contributed by atoms with E-state index >= 15 is 0 Å². The number of nitrogens with zero attached hydrogens (tertiary/aromatic N) is 1. The van der Waals surface area contributed by atoms with Gasteiger partial charge in [0, 0.05) is 11.3 Å². The van der Waals surface area contributed by atoms with E-state index in [1.807, 2.05) is 13.8 Å². The Balaban J connectivity index is 3.46. The van der Waals surface area contributed by atoms with Crippen molar-refractivity contribution in [3.63, 3.8) is 0 Å². The van der Waals surface area contributed by atoms with Crippen LogP contribution in [0.5, 0.6) is 0 Å².